The molecule has 2 amide bonds. The van der Waals surface area contributed by atoms with Crippen LogP contribution in [0.5, 0.6) is 11.6 Å². The second kappa shape index (κ2) is 15.2. The maximum atomic E-state index is 14.8. The number of nitrogens with one attached hydrogen (secondary N) is 1. The lowest BCUT2D eigenvalue weighted by Gasteiger charge is -2.35. The van der Waals surface area contributed by atoms with Crippen molar-refractivity contribution in [2.75, 3.05) is 13.7 Å². The van der Waals surface area contributed by atoms with Gasteiger partial charge in [0.15, 0.2) is 5.78 Å². The minimum atomic E-state index is -3.85. The molecule has 1 aliphatic heterocycles. The van der Waals surface area contributed by atoms with Crippen molar-refractivity contribution in [1.29, 1.82) is 0 Å². The summed E-state index contributed by atoms with van der Waals surface area (Å²) in [6.45, 7) is 13.7. The Labute approximate surface area is 324 Å². The highest BCUT2D eigenvalue weighted by Crippen LogP contribution is 2.57. The number of ketones is 2. The summed E-state index contributed by atoms with van der Waals surface area (Å²) in [5, 5.41) is 0.963. The number of carbonyl (C=O) groups is 4. The van der Waals surface area contributed by atoms with Crippen molar-refractivity contribution >= 4 is 44.2 Å². The number of hydrogen-bond donors (Lipinski definition) is 1. The van der Waals surface area contributed by atoms with Crippen molar-refractivity contribution in [3.8, 4) is 11.6 Å². The molecule has 294 valence electrons. The molecular weight excluding hydrogens is 719 g/mol. The molecule has 55 heavy (non-hydrogen) atoms. The van der Waals surface area contributed by atoms with Crippen LogP contribution in [0, 0.1) is 22.7 Å². The second-order valence-electron chi connectivity index (χ2n) is 17.3. The van der Waals surface area contributed by atoms with E-state index in [1.54, 1.807) is 25.4 Å². The molecule has 2 saturated carbocycles. The molecule has 1 saturated heterocycles. The molecule has 11 nitrogen and oxygen atoms in total. The minimum absolute atomic E-state index is 0.0157. The number of rotatable bonds is 16. The van der Waals surface area contributed by atoms with Crippen molar-refractivity contribution in [1.82, 2.24) is 14.6 Å². The first-order valence-corrected chi connectivity index (χ1v) is 20.6. The van der Waals surface area contributed by atoms with Gasteiger partial charge in [0.1, 0.15) is 17.6 Å². The predicted molar refractivity (Wildman–Crippen MR) is 210 cm³/mol. The monoisotopic (exact) mass is 771 g/mol. The summed E-state index contributed by atoms with van der Waals surface area (Å²) in [6.07, 6.45) is 3.88. The van der Waals surface area contributed by atoms with Gasteiger partial charge in [-0.3, -0.25) is 23.9 Å². The van der Waals surface area contributed by atoms with Crippen molar-refractivity contribution in [3.63, 3.8) is 0 Å². The number of pyridine rings is 1. The van der Waals surface area contributed by atoms with Crippen LogP contribution >= 0.6 is 0 Å². The molecule has 2 heterocycles. The Hall–Kier alpha value is -4.58. The van der Waals surface area contributed by atoms with E-state index in [2.05, 4.69) is 16.3 Å². The lowest BCUT2D eigenvalue weighted by Crippen LogP contribution is -2.48. The summed E-state index contributed by atoms with van der Waals surface area (Å²) in [5.41, 5.74) is -1.37. The zero-order chi connectivity index (χ0) is 39.9. The Morgan fingerprint density at radius 2 is 1.76 bits per heavy atom. The quantitative estimate of drug-likeness (QED) is 0.165. The van der Waals surface area contributed by atoms with Crippen LogP contribution < -0.4 is 14.2 Å². The fourth-order valence-electron chi connectivity index (χ4n) is 8.00. The molecule has 0 radical (unpaired) electrons. The maximum Gasteiger partial charge on any atom is 0.240 e. The third-order valence-electron chi connectivity index (χ3n) is 11.7. The van der Waals surface area contributed by atoms with Crippen molar-refractivity contribution in [2.24, 2.45) is 22.7 Å². The van der Waals surface area contributed by atoms with E-state index in [-0.39, 0.29) is 56.1 Å². The molecule has 2 aliphatic carbocycles. The Kier molecular flexibility index (Phi) is 11.1. The molecule has 6 rings (SSSR count). The van der Waals surface area contributed by atoms with Crippen molar-refractivity contribution < 1.29 is 37.1 Å². The largest absolute Gasteiger partial charge is 0.497 e. The highest BCUT2D eigenvalue weighted by atomic mass is 32.2. The standard InChI is InChI=1S/C43H53N3O8S/c1-8-28-23-43(28,40(50)45-55(51,52)33-15-16-33)25-37(48)36-22-32(54-38-34-17-14-31(53-7)20-27(34)18-19-44-38)26-46(36)39(49)35(41(2,3)4)21-30(47)24-42(5,6)29-12-10-9-11-13-29/h8-14,17-20,28,32-33,35-36H,1,15-16,21-26H2,2-7H3,(H,45,50)/t28-,32?,35-,36+,43-/m1/s1. The van der Waals surface area contributed by atoms with Gasteiger partial charge < -0.3 is 14.4 Å². The molecule has 5 atom stereocenters. The number of Topliss-reactive ketones (excluding diaryl/α,β-unsaturated/α-hetero) is 2. The molecule has 3 aliphatic rings. The van der Waals surface area contributed by atoms with Gasteiger partial charge in [-0.15, -0.1) is 6.58 Å². The topological polar surface area (TPSA) is 149 Å². The molecule has 3 fully saturated rings. The fraction of sp³-hybridized carbons (Fsp3) is 0.512. The van der Waals surface area contributed by atoms with Gasteiger partial charge in [0.05, 0.1) is 30.4 Å². The number of hydrogen-bond acceptors (Lipinski definition) is 9. The number of nitrogens with zero attached hydrogens (tertiary/aromatic N) is 2. The zero-order valence-electron chi connectivity index (χ0n) is 32.7. The first-order valence-electron chi connectivity index (χ1n) is 19.1. The summed E-state index contributed by atoms with van der Waals surface area (Å²) in [4.78, 5) is 62.8. The first-order chi connectivity index (χ1) is 25.9. The van der Waals surface area contributed by atoms with Crippen LogP contribution in [0.4, 0.5) is 0 Å². The van der Waals surface area contributed by atoms with E-state index in [0.29, 0.717) is 24.5 Å². The molecule has 0 bridgehead atoms. The van der Waals surface area contributed by atoms with Crippen LogP contribution in [0.2, 0.25) is 0 Å². The Bertz CT molecular complexity index is 2090. The number of ether oxygens (including phenoxy) is 2. The van der Waals surface area contributed by atoms with Gasteiger partial charge in [-0.05, 0) is 71.2 Å². The van der Waals surface area contributed by atoms with Crippen LogP contribution in [0.1, 0.15) is 85.1 Å². The number of sulfonamides is 1. The minimum Gasteiger partial charge on any atom is -0.497 e. The lowest BCUT2D eigenvalue weighted by atomic mass is 9.73. The normalized spacial score (nSPS) is 23.2. The number of benzene rings is 2. The van der Waals surface area contributed by atoms with Crippen molar-refractivity contribution in [3.05, 3.63) is 79.0 Å². The van der Waals surface area contributed by atoms with Crippen LogP contribution in [0.15, 0.2) is 73.4 Å². The van der Waals surface area contributed by atoms with Gasteiger partial charge in [-0.1, -0.05) is 71.0 Å². The molecule has 3 aromatic rings. The molecule has 2 aromatic carbocycles. The van der Waals surface area contributed by atoms with E-state index in [9.17, 15) is 27.6 Å². The SMILES string of the molecule is C=C[C@@H]1C[C@]1(CC(=O)[C@@H]1CC(Oc2nccc3cc(OC)ccc23)CN1C(=O)[C@@H](CC(=O)CC(C)(C)c1ccccc1)C(C)(C)C)C(=O)NS(=O)(=O)C1CC1. The summed E-state index contributed by atoms with van der Waals surface area (Å²) in [5.74, 6) is -1.63. The number of allylic oxidation sites excluding steroid dienone is 1. The lowest BCUT2D eigenvalue weighted by molar-refractivity contribution is -0.146. The summed E-state index contributed by atoms with van der Waals surface area (Å²) >= 11 is 0. The fourth-order valence-corrected chi connectivity index (χ4v) is 9.38. The molecular formula is C43H53N3O8S. The van der Waals surface area contributed by atoms with Crippen LogP contribution in [-0.2, 0) is 34.6 Å². The second-order valence-corrected chi connectivity index (χ2v) is 19.3. The van der Waals surface area contributed by atoms with E-state index in [1.165, 1.54) is 4.90 Å². The van der Waals surface area contributed by atoms with E-state index in [0.717, 1.165) is 16.3 Å². The highest BCUT2D eigenvalue weighted by molar-refractivity contribution is 7.90. The Morgan fingerprint density at radius 1 is 1.05 bits per heavy atom. The van der Waals surface area contributed by atoms with Gasteiger partial charge in [0.2, 0.25) is 27.7 Å². The van der Waals surface area contributed by atoms with Gasteiger partial charge in [-0.25, -0.2) is 13.4 Å². The van der Waals surface area contributed by atoms with Crippen LogP contribution in [0.3, 0.4) is 0 Å². The van der Waals surface area contributed by atoms with Gasteiger partial charge in [0.25, 0.3) is 0 Å². The molecule has 12 heteroatoms. The zero-order valence-corrected chi connectivity index (χ0v) is 33.5. The third-order valence-corrected chi connectivity index (χ3v) is 13.5. The maximum absolute atomic E-state index is 14.8. The van der Waals surface area contributed by atoms with Crippen molar-refractivity contribution in [2.45, 2.75) is 102 Å². The third kappa shape index (κ3) is 8.64. The van der Waals surface area contributed by atoms with Gasteiger partial charge in [-0.2, -0.15) is 0 Å². The van der Waals surface area contributed by atoms with E-state index in [4.69, 9.17) is 9.47 Å². The van der Waals surface area contributed by atoms with Crippen LogP contribution in [-0.4, -0.2) is 72.7 Å². The number of methoxy groups -OCH3 is 1. The number of likely N-dealkylation sites (tertiary alicyclic amines) is 1. The number of fused-ring (bicyclic) bond motifs is 1. The average Bonchev–Trinajstić information content (AvgIpc) is 4.06. The summed E-state index contributed by atoms with van der Waals surface area (Å²) in [7, 11) is -2.27. The molecule has 1 aromatic heterocycles. The van der Waals surface area contributed by atoms with Gasteiger partial charge in [0, 0.05) is 43.2 Å². The number of carbonyl (C=O) groups excluding carboxylic acids is 4. The van der Waals surface area contributed by atoms with E-state index in [1.807, 2.05) is 83.1 Å². The number of amides is 2. The smallest absolute Gasteiger partial charge is 0.240 e. The Balaban J connectivity index is 1.28. The molecule has 1 unspecified atom stereocenters. The Morgan fingerprint density at radius 3 is 2.38 bits per heavy atom. The average molecular weight is 772 g/mol. The van der Waals surface area contributed by atoms with Gasteiger partial charge >= 0.3 is 0 Å². The highest BCUT2D eigenvalue weighted by Gasteiger charge is 2.61. The first kappa shape index (κ1) is 40.1. The number of aromatic nitrogens is 1. The summed E-state index contributed by atoms with van der Waals surface area (Å²) in [6, 6.07) is 16.2. The molecule has 1 N–H and O–H groups in total. The van der Waals surface area contributed by atoms with E-state index < -0.39 is 61.4 Å². The molecule has 0 spiro atoms. The predicted octanol–water partition coefficient (Wildman–Crippen LogP) is 6.34. The van der Waals surface area contributed by atoms with E-state index >= 15 is 0 Å². The summed E-state index contributed by atoms with van der Waals surface area (Å²) < 4.78 is 39.7. The van der Waals surface area contributed by atoms with Crippen LogP contribution in [0.25, 0.3) is 10.8 Å².